The Labute approximate surface area is 197 Å². The first-order valence-corrected chi connectivity index (χ1v) is 11.7. The summed E-state index contributed by atoms with van der Waals surface area (Å²) in [6, 6.07) is 22.6. The highest BCUT2D eigenvalue weighted by atomic mass is 79.9. The first-order chi connectivity index (χ1) is 15.5. The fourth-order valence-corrected chi connectivity index (χ4v) is 4.40. The van der Waals surface area contributed by atoms with Crippen LogP contribution < -0.4 is 15.1 Å². The molecule has 1 aliphatic rings. The number of carbonyl (C=O) groups excluding carboxylic acids is 1. The summed E-state index contributed by atoms with van der Waals surface area (Å²) in [6.07, 6.45) is 0. The van der Waals surface area contributed by atoms with E-state index >= 15 is 0 Å². The minimum Gasteiger partial charge on any atom is -0.444 e. The van der Waals surface area contributed by atoms with E-state index in [0.29, 0.717) is 17.0 Å². The molecule has 0 bridgehead atoms. The monoisotopic (exact) mass is 496 g/mol. The lowest BCUT2D eigenvalue weighted by Gasteiger charge is -2.40. The lowest BCUT2D eigenvalue weighted by molar-refractivity contribution is 0.0901. The zero-order chi connectivity index (χ0) is 22.5. The van der Waals surface area contributed by atoms with Crippen molar-refractivity contribution in [1.29, 1.82) is 0 Å². The molecule has 1 aliphatic heterocycles. The van der Waals surface area contributed by atoms with Crippen LogP contribution in [-0.2, 0) is 0 Å². The molecule has 2 aromatic carbocycles. The molecule has 1 aromatic heterocycles. The molecule has 1 unspecified atom stereocenters. The first-order valence-electron chi connectivity index (χ1n) is 10.9. The van der Waals surface area contributed by atoms with Crippen molar-refractivity contribution in [3.63, 3.8) is 0 Å². The molecule has 0 spiro atoms. The Hall–Kier alpha value is -2.77. The van der Waals surface area contributed by atoms with E-state index in [9.17, 15) is 4.79 Å². The second-order valence-electron chi connectivity index (χ2n) is 8.17. The van der Waals surface area contributed by atoms with Gasteiger partial charge < -0.3 is 19.5 Å². The molecule has 3 aromatic rings. The zero-order valence-electron chi connectivity index (χ0n) is 18.5. The lowest BCUT2D eigenvalue weighted by atomic mass is 10.0. The van der Waals surface area contributed by atoms with E-state index < -0.39 is 0 Å². The number of benzene rings is 2. The van der Waals surface area contributed by atoms with Gasteiger partial charge in [-0.2, -0.15) is 0 Å². The largest absolute Gasteiger partial charge is 0.444 e. The van der Waals surface area contributed by atoms with E-state index in [1.165, 1.54) is 11.3 Å². The summed E-state index contributed by atoms with van der Waals surface area (Å²) in [6.45, 7) is 4.28. The molecule has 1 saturated heterocycles. The maximum atomic E-state index is 12.6. The Morgan fingerprint density at radius 2 is 1.69 bits per heavy atom. The van der Waals surface area contributed by atoms with Gasteiger partial charge >= 0.3 is 0 Å². The van der Waals surface area contributed by atoms with Crippen molar-refractivity contribution >= 4 is 33.2 Å². The maximum absolute atomic E-state index is 12.6. The molecule has 1 amide bonds. The van der Waals surface area contributed by atoms with Crippen molar-refractivity contribution in [2.24, 2.45) is 0 Å². The van der Waals surface area contributed by atoms with Crippen LogP contribution in [-0.4, -0.2) is 57.6 Å². The van der Waals surface area contributed by atoms with Crippen LogP contribution in [0.3, 0.4) is 0 Å². The zero-order valence-corrected chi connectivity index (χ0v) is 20.1. The van der Waals surface area contributed by atoms with Crippen molar-refractivity contribution < 1.29 is 9.21 Å². The molecule has 1 fully saturated rings. The third-order valence-corrected chi connectivity index (χ3v) is 6.35. The molecule has 0 radical (unpaired) electrons. The topological polar surface area (TPSA) is 52.0 Å². The fourth-order valence-electron chi connectivity index (χ4n) is 4.10. The van der Waals surface area contributed by atoms with Crippen LogP contribution in [0.4, 0.5) is 11.4 Å². The Morgan fingerprint density at radius 3 is 2.28 bits per heavy atom. The first kappa shape index (κ1) is 22.4. The number of hydrogen-bond acceptors (Lipinski definition) is 5. The Balaban J connectivity index is 1.47. The third kappa shape index (κ3) is 5.34. The Kier molecular flexibility index (Phi) is 7.17. The summed E-state index contributed by atoms with van der Waals surface area (Å²) in [7, 11) is 4.08. The quantitative estimate of drug-likeness (QED) is 0.525. The molecule has 1 N–H and O–H groups in total. The van der Waals surface area contributed by atoms with Crippen LogP contribution in [0.25, 0.3) is 0 Å². The third-order valence-electron chi connectivity index (χ3n) is 5.92. The van der Waals surface area contributed by atoms with Crippen molar-refractivity contribution in [3.8, 4) is 0 Å². The summed E-state index contributed by atoms with van der Waals surface area (Å²) in [5.41, 5.74) is 3.62. The van der Waals surface area contributed by atoms with Crippen LogP contribution in [0, 0.1) is 0 Å². The Bertz CT molecular complexity index is 1010. The maximum Gasteiger partial charge on any atom is 0.287 e. The molecule has 168 valence electrons. The van der Waals surface area contributed by atoms with Gasteiger partial charge in [0.15, 0.2) is 10.4 Å². The summed E-state index contributed by atoms with van der Waals surface area (Å²) in [5, 5.41) is 3.07. The van der Waals surface area contributed by atoms with Gasteiger partial charge in [-0.25, -0.2) is 0 Å². The minimum atomic E-state index is -0.200. The number of carbonyl (C=O) groups is 1. The van der Waals surface area contributed by atoms with Gasteiger partial charge in [0.2, 0.25) is 0 Å². The van der Waals surface area contributed by atoms with E-state index in [4.69, 9.17) is 4.42 Å². The average molecular weight is 497 g/mol. The minimum absolute atomic E-state index is 0.0893. The fraction of sp³-hybridized carbons (Fsp3) is 0.320. The second-order valence-corrected chi connectivity index (χ2v) is 8.96. The summed E-state index contributed by atoms with van der Waals surface area (Å²) < 4.78 is 5.96. The number of nitrogens with one attached hydrogen (secondary N) is 1. The van der Waals surface area contributed by atoms with Crippen molar-refractivity contribution in [2.45, 2.75) is 6.04 Å². The number of amides is 1. The number of hydrogen-bond donors (Lipinski definition) is 1. The highest BCUT2D eigenvalue weighted by Crippen LogP contribution is 2.26. The van der Waals surface area contributed by atoms with E-state index in [0.717, 1.165) is 31.9 Å². The molecular weight excluding hydrogens is 468 g/mol. The molecule has 2 heterocycles. The van der Waals surface area contributed by atoms with E-state index in [1.54, 1.807) is 12.1 Å². The average Bonchev–Trinajstić information content (AvgIpc) is 3.27. The number of anilines is 2. The molecule has 4 rings (SSSR count). The van der Waals surface area contributed by atoms with Crippen molar-refractivity contribution in [2.75, 3.05) is 56.6 Å². The molecular formula is C25H29BrN4O2. The van der Waals surface area contributed by atoms with Gasteiger partial charge in [-0.3, -0.25) is 9.69 Å². The highest BCUT2D eigenvalue weighted by molar-refractivity contribution is 9.10. The summed E-state index contributed by atoms with van der Waals surface area (Å²) >= 11 is 3.26. The van der Waals surface area contributed by atoms with Gasteiger partial charge in [-0.1, -0.05) is 30.3 Å². The smallest absolute Gasteiger partial charge is 0.287 e. The van der Waals surface area contributed by atoms with Gasteiger partial charge in [-0.05, 0) is 57.9 Å². The molecule has 6 nitrogen and oxygen atoms in total. The normalized spacial score (nSPS) is 15.4. The van der Waals surface area contributed by atoms with Crippen LogP contribution in [0.15, 0.2) is 75.8 Å². The summed E-state index contributed by atoms with van der Waals surface area (Å²) in [4.78, 5) is 19.6. The van der Waals surface area contributed by atoms with Crippen LogP contribution >= 0.6 is 15.9 Å². The number of rotatable bonds is 7. The number of halogens is 1. The van der Waals surface area contributed by atoms with Gasteiger partial charge in [0.25, 0.3) is 5.91 Å². The standard InChI is InChI=1S/C25H29BrN4O2/c1-28(2)20-10-8-19(9-11-20)22(18-27-25(31)23-12-13-24(26)32-23)30-16-14-29(15-17-30)21-6-4-3-5-7-21/h3-13,22H,14-18H2,1-2H3,(H,27,31). The van der Waals surface area contributed by atoms with Crippen molar-refractivity contribution in [3.05, 3.63) is 82.7 Å². The lowest BCUT2D eigenvalue weighted by Crippen LogP contribution is -2.49. The van der Waals surface area contributed by atoms with Crippen LogP contribution in [0.1, 0.15) is 22.2 Å². The van der Waals surface area contributed by atoms with Crippen molar-refractivity contribution in [1.82, 2.24) is 10.2 Å². The van der Waals surface area contributed by atoms with E-state index in [2.05, 4.69) is 84.5 Å². The molecule has 7 heteroatoms. The van der Waals surface area contributed by atoms with Gasteiger partial charge in [0.05, 0.1) is 6.04 Å². The van der Waals surface area contributed by atoms with Crippen LogP contribution in [0.5, 0.6) is 0 Å². The number of para-hydroxylation sites is 1. The highest BCUT2D eigenvalue weighted by Gasteiger charge is 2.26. The molecule has 0 aliphatic carbocycles. The molecule has 0 saturated carbocycles. The number of piperazine rings is 1. The summed E-state index contributed by atoms with van der Waals surface area (Å²) in [5.74, 6) is 0.112. The SMILES string of the molecule is CN(C)c1ccc(C(CNC(=O)c2ccc(Br)o2)N2CCN(c3ccccc3)CC2)cc1. The molecule has 32 heavy (non-hydrogen) atoms. The number of furan rings is 1. The van der Waals surface area contributed by atoms with Gasteiger partial charge in [0, 0.05) is 58.2 Å². The number of nitrogens with zero attached hydrogens (tertiary/aromatic N) is 3. The van der Waals surface area contributed by atoms with Gasteiger partial charge in [-0.15, -0.1) is 0 Å². The predicted molar refractivity (Wildman–Crippen MR) is 132 cm³/mol. The molecule has 1 atom stereocenters. The Morgan fingerprint density at radius 1 is 1.00 bits per heavy atom. The van der Waals surface area contributed by atoms with E-state index in [-0.39, 0.29) is 11.9 Å². The van der Waals surface area contributed by atoms with E-state index in [1.807, 2.05) is 20.2 Å². The van der Waals surface area contributed by atoms with Gasteiger partial charge in [0.1, 0.15) is 0 Å². The predicted octanol–water partition coefficient (Wildman–Crippen LogP) is 4.40. The van der Waals surface area contributed by atoms with Crippen LogP contribution in [0.2, 0.25) is 0 Å². The second kappa shape index (κ2) is 10.2.